The smallest absolute Gasteiger partial charge is 0.0755 e. The summed E-state index contributed by atoms with van der Waals surface area (Å²) < 4.78 is 2.72. The molecule has 1 atom stereocenters. The SMILES string of the molecule is CC1CC(c2cccc3c2sc2ccccc23)=CC=C1N(c1ccc(-c2ccccc2)cc1)c1ccc2c(c1)C1(c3ccccc3-2)c2ccccc2N(c2ccccc2)c2ccccc21. The van der Waals surface area contributed by atoms with Gasteiger partial charge in [-0.15, -0.1) is 11.3 Å². The van der Waals surface area contributed by atoms with E-state index >= 15 is 0 Å². The lowest BCUT2D eigenvalue weighted by Gasteiger charge is -2.45. The molecule has 13 rings (SSSR count). The van der Waals surface area contributed by atoms with Crippen molar-refractivity contribution in [3.05, 3.63) is 264 Å². The summed E-state index contributed by atoms with van der Waals surface area (Å²) in [5.74, 6) is 0.239. The highest BCUT2D eigenvalue weighted by molar-refractivity contribution is 7.26. The van der Waals surface area contributed by atoms with E-state index in [9.17, 15) is 0 Å². The van der Waals surface area contributed by atoms with Crippen LogP contribution in [-0.4, -0.2) is 0 Å². The summed E-state index contributed by atoms with van der Waals surface area (Å²) in [5.41, 5.74) is 19.6. The van der Waals surface area contributed by atoms with Gasteiger partial charge in [0.15, 0.2) is 0 Å². The highest BCUT2D eigenvalue weighted by Gasteiger charge is 2.52. The van der Waals surface area contributed by atoms with Crippen LogP contribution in [0.1, 0.15) is 41.2 Å². The van der Waals surface area contributed by atoms with Crippen LogP contribution in [0.2, 0.25) is 0 Å². The minimum absolute atomic E-state index is 0.239. The van der Waals surface area contributed by atoms with Gasteiger partial charge in [-0.2, -0.15) is 0 Å². The van der Waals surface area contributed by atoms with E-state index in [1.165, 1.54) is 92.9 Å². The Labute approximate surface area is 384 Å². The second-order valence-electron chi connectivity index (χ2n) is 17.6. The Morgan fingerprint density at radius 2 is 1.06 bits per heavy atom. The standard InChI is InChI=1S/C62H44N2S/c1-41-39-44(48-23-16-24-52-51-22-9-15-30-60(51)65-61(48)52)33-38-57(41)63(46-34-31-43(32-35-46)42-17-4-2-5-18-42)47-36-37-50-49-21-8-10-25-53(49)62(56(50)40-47)54-26-11-13-28-58(54)64(45-19-6-3-7-20-45)59-29-14-12-27-55(59)62/h2-38,40-41H,39H2,1H3. The van der Waals surface area contributed by atoms with Gasteiger partial charge >= 0.3 is 0 Å². The molecule has 9 aromatic carbocycles. The van der Waals surface area contributed by atoms with E-state index in [1.807, 2.05) is 11.3 Å². The van der Waals surface area contributed by atoms with Crippen LogP contribution in [0.5, 0.6) is 0 Å². The van der Waals surface area contributed by atoms with E-state index in [4.69, 9.17) is 0 Å². The van der Waals surface area contributed by atoms with Gasteiger partial charge in [0.25, 0.3) is 0 Å². The molecule has 0 radical (unpaired) electrons. The van der Waals surface area contributed by atoms with Crippen molar-refractivity contribution in [1.29, 1.82) is 0 Å². The molecule has 1 spiro atoms. The second-order valence-corrected chi connectivity index (χ2v) is 18.7. The molecule has 1 unspecified atom stereocenters. The maximum Gasteiger partial charge on any atom is 0.0755 e. The molecule has 3 heteroatoms. The number of fused-ring (bicyclic) bond motifs is 12. The Bertz CT molecular complexity index is 3490. The van der Waals surface area contributed by atoms with Crippen molar-refractivity contribution in [2.45, 2.75) is 18.8 Å². The van der Waals surface area contributed by atoms with Gasteiger partial charge in [0, 0.05) is 48.8 Å². The van der Waals surface area contributed by atoms with Crippen molar-refractivity contribution in [2.24, 2.45) is 5.92 Å². The fourth-order valence-electron chi connectivity index (χ4n) is 11.3. The van der Waals surface area contributed by atoms with Crippen LogP contribution in [0.25, 0.3) is 48.0 Å². The highest BCUT2D eigenvalue weighted by Crippen LogP contribution is 2.64. The zero-order valence-electron chi connectivity index (χ0n) is 36.0. The number of anilines is 5. The second kappa shape index (κ2) is 14.9. The third-order valence-corrected chi connectivity index (χ3v) is 15.3. The van der Waals surface area contributed by atoms with Gasteiger partial charge in [-0.25, -0.2) is 0 Å². The molecule has 0 amide bonds. The first-order chi connectivity index (χ1) is 32.2. The average molecular weight is 849 g/mol. The first-order valence-corrected chi connectivity index (χ1v) is 23.5. The van der Waals surface area contributed by atoms with Gasteiger partial charge < -0.3 is 9.80 Å². The topological polar surface area (TPSA) is 6.48 Å². The number of benzene rings is 9. The van der Waals surface area contributed by atoms with Gasteiger partial charge in [-0.05, 0) is 123 Å². The molecule has 2 heterocycles. The molecule has 0 saturated carbocycles. The maximum absolute atomic E-state index is 2.54. The molecule has 1 aliphatic heterocycles. The van der Waals surface area contributed by atoms with Crippen LogP contribution in [-0.2, 0) is 5.41 Å². The predicted molar refractivity (Wildman–Crippen MR) is 275 cm³/mol. The van der Waals surface area contributed by atoms with Crippen LogP contribution in [0.4, 0.5) is 28.4 Å². The van der Waals surface area contributed by atoms with Crippen LogP contribution in [0, 0.1) is 5.92 Å². The number of rotatable bonds is 6. The Balaban J connectivity index is 1.02. The zero-order chi connectivity index (χ0) is 43.1. The number of nitrogens with zero attached hydrogens (tertiary/aromatic N) is 2. The Hall–Kier alpha value is -7.72. The zero-order valence-corrected chi connectivity index (χ0v) is 36.8. The van der Waals surface area contributed by atoms with Gasteiger partial charge in [0.2, 0.25) is 0 Å². The van der Waals surface area contributed by atoms with Crippen LogP contribution >= 0.6 is 11.3 Å². The molecule has 3 aliphatic rings. The highest BCUT2D eigenvalue weighted by atomic mass is 32.1. The average Bonchev–Trinajstić information content (AvgIpc) is 3.89. The Kier molecular flexibility index (Phi) is 8.69. The molecular formula is C62H44N2S. The summed E-state index contributed by atoms with van der Waals surface area (Å²) in [6, 6.07) is 81.0. The molecule has 0 saturated heterocycles. The quantitative estimate of drug-likeness (QED) is 0.164. The van der Waals surface area contributed by atoms with Crippen LogP contribution < -0.4 is 9.80 Å². The summed E-state index contributed by atoms with van der Waals surface area (Å²) in [5, 5.41) is 2.69. The van der Waals surface area contributed by atoms with Crippen molar-refractivity contribution in [1.82, 2.24) is 0 Å². The monoisotopic (exact) mass is 848 g/mol. The molecule has 65 heavy (non-hydrogen) atoms. The van der Waals surface area contributed by atoms with Gasteiger partial charge in [0.1, 0.15) is 0 Å². The van der Waals surface area contributed by atoms with Crippen molar-refractivity contribution in [3.8, 4) is 22.3 Å². The Morgan fingerprint density at radius 1 is 0.477 bits per heavy atom. The molecule has 2 nitrogen and oxygen atoms in total. The van der Waals surface area contributed by atoms with Crippen LogP contribution in [0.15, 0.2) is 236 Å². The van der Waals surface area contributed by atoms with E-state index < -0.39 is 5.41 Å². The molecule has 0 fully saturated rings. The number of hydrogen-bond acceptors (Lipinski definition) is 3. The molecule has 308 valence electrons. The predicted octanol–water partition coefficient (Wildman–Crippen LogP) is 17.0. The fourth-order valence-corrected chi connectivity index (χ4v) is 12.6. The summed E-state index contributed by atoms with van der Waals surface area (Å²) in [4.78, 5) is 5.00. The molecule has 10 aromatic rings. The third kappa shape index (κ3) is 5.72. The fraction of sp³-hybridized carbons (Fsp3) is 0.0645. The lowest BCUT2D eigenvalue weighted by atomic mass is 9.64. The van der Waals surface area contributed by atoms with Gasteiger partial charge in [-0.1, -0.05) is 177 Å². The van der Waals surface area contributed by atoms with Crippen molar-refractivity contribution >= 4 is 65.5 Å². The first-order valence-electron chi connectivity index (χ1n) is 22.7. The van der Waals surface area contributed by atoms with Gasteiger partial charge in [0.05, 0.1) is 16.8 Å². The van der Waals surface area contributed by atoms with E-state index in [0.29, 0.717) is 0 Å². The van der Waals surface area contributed by atoms with Crippen molar-refractivity contribution in [3.63, 3.8) is 0 Å². The third-order valence-electron chi connectivity index (χ3n) is 14.1. The van der Waals surface area contributed by atoms with E-state index in [-0.39, 0.29) is 5.92 Å². The number of thiophene rings is 1. The Morgan fingerprint density at radius 3 is 1.82 bits per heavy atom. The minimum atomic E-state index is -0.550. The number of para-hydroxylation sites is 3. The summed E-state index contributed by atoms with van der Waals surface area (Å²) in [6.45, 7) is 2.41. The van der Waals surface area contributed by atoms with Crippen molar-refractivity contribution in [2.75, 3.05) is 9.80 Å². The molecule has 1 aromatic heterocycles. The van der Waals surface area contributed by atoms with Crippen LogP contribution in [0.3, 0.4) is 0 Å². The summed E-state index contributed by atoms with van der Waals surface area (Å²) >= 11 is 1.91. The molecule has 0 bridgehead atoms. The lowest BCUT2D eigenvalue weighted by Crippen LogP contribution is -2.36. The lowest BCUT2D eigenvalue weighted by molar-refractivity contribution is 0.680. The molecule has 2 aliphatic carbocycles. The number of allylic oxidation sites excluding steroid dienone is 4. The van der Waals surface area contributed by atoms with E-state index in [1.54, 1.807) is 0 Å². The van der Waals surface area contributed by atoms with E-state index in [0.717, 1.165) is 23.5 Å². The summed E-state index contributed by atoms with van der Waals surface area (Å²) in [6.07, 6.45) is 5.74. The first kappa shape index (κ1) is 37.8. The molecular weight excluding hydrogens is 805 g/mol. The largest absolute Gasteiger partial charge is 0.314 e. The van der Waals surface area contributed by atoms with Crippen molar-refractivity contribution < 1.29 is 0 Å². The maximum atomic E-state index is 2.54. The molecule has 0 N–H and O–H groups in total. The summed E-state index contributed by atoms with van der Waals surface area (Å²) in [7, 11) is 0. The number of hydrogen-bond donors (Lipinski definition) is 0. The van der Waals surface area contributed by atoms with Gasteiger partial charge in [-0.3, -0.25) is 0 Å². The van der Waals surface area contributed by atoms with E-state index in [2.05, 4.69) is 247 Å². The minimum Gasteiger partial charge on any atom is -0.314 e. The normalized spacial score (nSPS) is 15.5.